The molecule has 7 nitrogen and oxygen atoms in total. The third-order valence-electron chi connectivity index (χ3n) is 4.53. The van der Waals surface area contributed by atoms with Crippen molar-refractivity contribution in [1.82, 2.24) is 16.2 Å². The molecule has 2 aromatic carbocycles. The van der Waals surface area contributed by atoms with Gasteiger partial charge in [-0.1, -0.05) is 32.9 Å². The predicted octanol–water partition coefficient (Wildman–Crippen LogP) is 4.46. The van der Waals surface area contributed by atoms with E-state index >= 15 is 0 Å². The summed E-state index contributed by atoms with van der Waals surface area (Å²) in [5.41, 5.74) is 6.43. The lowest BCUT2D eigenvalue weighted by atomic mass is 10.0. The normalized spacial score (nSPS) is 11.4. The number of nitrogens with one attached hydrogen (secondary N) is 3. The number of amides is 2. The monoisotopic (exact) mass is 521 g/mol. The highest BCUT2D eigenvalue weighted by Gasteiger charge is 2.12. The second kappa shape index (κ2) is 12.4. The maximum atomic E-state index is 12.4. The molecule has 172 valence electrons. The smallest absolute Gasteiger partial charge is 0.276 e. The fraction of sp³-hybridized carbons (Fsp3) is 0.348. The highest BCUT2D eigenvalue weighted by molar-refractivity contribution is 9.10. The average Bonchev–Trinajstić information content (AvgIpc) is 2.76. The van der Waals surface area contributed by atoms with Gasteiger partial charge in [0.15, 0.2) is 11.7 Å². The molecule has 0 heterocycles. The molecule has 0 fully saturated rings. The Morgan fingerprint density at radius 1 is 1.09 bits per heavy atom. The van der Waals surface area contributed by atoms with Gasteiger partial charge >= 0.3 is 0 Å². The van der Waals surface area contributed by atoms with E-state index in [2.05, 4.69) is 45.9 Å². The van der Waals surface area contributed by atoms with Crippen LogP contribution in [0.3, 0.4) is 0 Å². The van der Waals surface area contributed by atoms with Crippen molar-refractivity contribution in [2.45, 2.75) is 46.1 Å². The zero-order valence-corrected chi connectivity index (χ0v) is 20.9. The van der Waals surface area contributed by atoms with Crippen molar-refractivity contribution in [3.63, 3.8) is 0 Å². The topological polar surface area (TPSA) is 88.7 Å². The second-order valence-corrected chi connectivity index (χ2v) is 8.72. The van der Waals surface area contributed by atoms with Gasteiger partial charge in [-0.2, -0.15) is 0 Å². The molecular weight excluding hydrogens is 494 g/mol. The first-order chi connectivity index (χ1) is 15.2. The van der Waals surface area contributed by atoms with Crippen molar-refractivity contribution in [1.29, 1.82) is 0 Å². The molecule has 2 aromatic rings. The van der Waals surface area contributed by atoms with E-state index in [0.717, 1.165) is 16.5 Å². The molecule has 0 aromatic heterocycles. The minimum atomic E-state index is -0.453. The van der Waals surface area contributed by atoms with E-state index < -0.39 is 11.8 Å². The van der Waals surface area contributed by atoms with Crippen molar-refractivity contribution in [2.75, 3.05) is 6.61 Å². The molecule has 0 saturated heterocycles. The number of carbonyl (C=O) groups is 2. The molecule has 0 saturated carbocycles. The van der Waals surface area contributed by atoms with Crippen LogP contribution in [-0.4, -0.2) is 29.6 Å². The summed E-state index contributed by atoms with van der Waals surface area (Å²) in [6, 6.07) is 12.5. The molecule has 0 spiro atoms. The number of halogens is 1. The molecule has 0 radical (unpaired) electrons. The molecule has 3 N–H and O–H groups in total. The summed E-state index contributed by atoms with van der Waals surface area (Å²) >= 11 is 8.52. The van der Waals surface area contributed by atoms with Crippen LogP contribution in [0.4, 0.5) is 0 Å². The highest BCUT2D eigenvalue weighted by atomic mass is 79.9. The Balaban J connectivity index is 1.79. The van der Waals surface area contributed by atoms with E-state index in [1.165, 1.54) is 0 Å². The molecule has 0 aliphatic heterocycles. The molecule has 9 heteroatoms. The van der Waals surface area contributed by atoms with Gasteiger partial charge in [0, 0.05) is 5.56 Å². The maximum absolute atomic E-state index is 12.4. The molecule has 1 unspecified atom stereocenters. The van der Waals surface area contributed by atoms with Gasteiger partial charge in [-0.3, -0.25) is 25.8 Å². The zero-order valence-electron chi connectivity index (χ0n) is 18.5. The first-order valence-corrected chi connectivity index (χ1v) is 11.5. The minimum absolute atomic E-state index is 0.0425. The van der Waals surface area contributed by atoms with Gasteiger partial charge in [-0.25, -0.2) is 0 Å². The molecule has 1 atom stereocenters. The molecular formula is C23H28BrN3O4S. The number of benzene rings is 2. The number of hydrogen-bond acceptors (Lipinski definition) is 5. The van der Waals surface area contributed by atoms with Crippen LogP contribution in [0.5, 0.6) is 11.5 Å². The third kappa shape index (κ3) is 8.12. The Hall–Kier alpha value is -2.65. The van der Waals surface area contributed by atoms with Crippen LogP contribution >= 0.6 is 28.1 Å². The molecule has 2 rings (SSSR count). The SMILES string of the molecule is CCC(C)Oc1cccc(C(=O)NC(=S)NNC(=O)COc2ccc(C(C)C)cc2Br)c1. The molecule has 0 aliphatic carbocycles. The van der Waals surface area contributed by atoms with Crippen molar-refractivity contribution in [3.05, 3.63) is 58.1 Å². The molecule has 0 aliphatic rings. The summed E-state index contributed by atoms with van der Waals surface area (Å²) in [5, 5.41) is 2.47. The lowest BCUT2D eigenvalue weighted by molar-refractivity contribution is -0.123. The Morgan fingerprint density at radius 2 is 1.84 bits per heavy atom. The minimum Gasteiger partial charge on any atom is -0.491 e. The average molecular weight is 522 g/mol. The fourth-order valence-electron chi connectivity index (χ4n) is 2.53. The van der Waals surface area contributed by atoms with E-state index in [9.17, 15) is 9.59 Å². The van der Waals surface area contributed by atoms with Crippen molar-refractivity contribution in [3.8, 4) is 11.5 Å². The first-order valence-electron chi connectivity index (χ1n) is 10.3. The Labute approximate surface area is 202 Å². The fourth-order valence-corrected chi connectivity index (χ4v) is 3.19. The van der Waals surface area contributed by atoms with Gasteiger partial charge in [-0.05, 0) is 83.3 Å². The number of carbonyl (C=O) groups excluding carboxylic acids is 2. The number of hydrogen-bond donors (Lipinski definition) is 3. The van der Waals surface area contributed by atoms with Gasteiger partial charge in [0.05, 0.1) is 10.6 Å². The summed E-state index contributed by atoms with van der Waals surface area (Å²) in [6.07, 6.45) is 0.899. The van der Waals surface area contributed by atoms with Gasteiger partial charge < -0.3 is 9.47 Å². The summed E-state index contributed by atoms with van der Waals surface area (Å²) in [7, 11) is 0. The third-order valence-corrected chi connectivity index (χ3v) is 5.36. The summed E-state index contributed by atoms with van der Waals surface area (Å²) in [4.78, 5) is 24.4. The van der Waals surface area contributed by atoms with Crippen LogP contribution in [0.1, 0.15) is 56.0 Å². The van der Waals surface area contributed by atoms with E-state index in [1.807, 2.05) is 32.0 Å². The Kier molecular flexibility index (Phi) is 9.93. The Morgan fingerprint density at radius 3 is 2.50 bits per heavy atom. The summed E-state index contributed by atoms with van der Waals surface area (Å²) in [5.74, 6) is 0.671. The van der Waals surface area contributed by atoms with Gasteiger partial charge in [-0.15, -0.1) is 0 Å². The van der Waals surface area contributed by atoms with Crippen LogP contribution in [-0.2, 0) is 4.79 Å². The standard InChI is InChI=1S/C23H28BrN3O4S/c1-5-15(4)31-18-8-6-7-17(11-18)22(29)25-23(32)27-26-21(28)13-30-20-10-9-16(14(2)3)12-19(20)24/h6-12,14-15H,5,13H2,1-4H3,(H,26,28)(H2,25,27,29,32). The predicted molar refractivity (Wildman–Crippen MR) is 132 cm³/mol. The number of rotatable bonds is 8. The van der Waals surface area contributed by atoms with Crippen molar-refractivity contribution in [2.24, 2.45) is 0 Å². The summed E-state index contributed by atoms with van der Waals surface area (Å²) in [6.45, 7) is 7.95. The number of ether oxygens (including phenoxy) is 2. The number of hydrazine groups is 1. The van der Waals surface area contributed by atoms with Crippen LogP contribution in [0.15, 0.2) is 46.9 Å². The van der Waals surface area contributed by atoms with Crippen molar-refractivity contribution < 1.29 is 19.1 Å². The van der Waals surface area contributed by atoms with E-state index in [-0.39, 0.29) is 17.8 Å². The van der Waals surface area contributed by atoms with Crippen LogP contribution in [0.25, 0.3) is 0 Å². The zero-order chi connectivity index (χ0) is 23.7. The van der Waals surface area contributed by atoms with Gasteiger partial charge in [0.2, 0.25) is 0 Å². The largest absolute Gasteiger partial charge is 0.491 e. The van der Waals surface area contributed by atoms with E-state index in [1.54, 1.807) is 24.3 Å². The molecule has 2 amide bonds. The quantitative estimate of drug-likeness (QED) is 0.351. The molecule has 32 heavy (non-hydrogen) atoms. The van der Waals surface area contributed by atoms with Crippen LogP contribution in [0.2, 0.25) is 0 Å². The van der Waals surface area contributed by atoms with Crippen LogP contribution < -0.4 is 25.6 Å². The van der Waals surface area contributed by atoms with E-state index in [0.29, 0.717) is 23.0 Å². The van der Waals surface area contributed by atoms with Gasteiger partial charge in [0.25, 0.3) is 11.8 Å². The lowest BCUT2D eigenvalue weighted by Crippen LogP contribution is -2.49. The van der Waals surface area contributed by atoms with Crippen molar-refractivity contribution >= 4 is 45.1 Å². The van der Waals surface area contributed by atoms with Gasteiger partial charge in [0.1, 0.15) is 11.5 Å². The first kappa shape index (κ1) is 25.6. The maximum Gasteiger partial charge on any atom is 0.276 e. The van der Waals surface area contributed by atoms with Crippen LogP contribution in [0, 0.1) is 0 Å². The number of thiocarbonyl (C=S) groups is 1. The highest BCUT2D eigenvalue weighted by Crippen LogP contribution is 2.28. The van der Waals surface area contributed by atoms with E-state index in [4.69, 9.17) is 21.7 Å². The Bertz CT molecular complexity index is 968. The lowest BCUT2D eigenvalue weighted by Gasteiger charge is -2.14. The summed E-state index contributed by atoms with van der Waals surface area (Å²) < 4.78 is 12.0. The molecule has 0 bridgehead atoms. The second-order valence-electron chi connectivity index (χ2n) is 7.45.